The van der Waals surface area contributed by atoms with Crippen LogP contribution in [0, 0.1) is 12.8 Å². The Bertz CT molecular complexity index is 670. The van der Waals surface area contributed by atoms with Crippen LogP contribution in [0.1, 0.15) is 29.6 Å². The molecule has 0 radical (unpaired) electrons. The lowest BCUT2D eigenvalue weighted by molar-refractivity contribution is 0.210. The predicted molar refractivity (Wildman–Crippen MR) is 85.5 cm³/mol. The quantitative estimate of drug-likeness (QED) is 0.870. The van der Waals surface area contributed by atoms with Crippen LogP contribution in [0.5, 0.6) is 11.5 Å². The van der Waals surface area contributed by atoms with Crippen LogP contribution in [0.3, 0.4) is 0 Å². The van der Waals surface area contributed by atoms with Crippen molar-refractivity contribution in [2.24, 2.45) is 5.92 Å². The molecule has 3 rings (SSSR count). The lowest BCUT2D eigenvalue weighted by Gasteiger charge is -2.26. The molecule has 1 unspecified atom stereocenters. The number of ether oxygens (including phenoxy) is 2. The van der Waals surface area contributed by atoms with Crippen LogP contribution in [-0.4, -0.2) is 23.7 Å². The summed E-state index contributed by atoms with van der Waals surface area (Å²) in [6, 6.07) is 6.09. The van der Waals surface area contributed by atoms with E-state index in [2.05, 4.69) is 23.0 Å². The van der Waals surface area contributed by atoms with Crippen molar-refractivity contribution in [3.63, 3.8) is 0 Å². The fourth-order valence-corrected chi connectivity index (χ4v) is 3.04. The number of aromatic nitrogens is 2. The van der Waals surface area contributed by atoms with Gasteiger partial charge in [-0.05, 0) is 43.4 Å². The molecule has 1 atom stereocenters. The van der Waals surface area contributed by atoms with Gasteiger partial charge in [-0.3, -0.25) is 0 Å². The molecular formula is C18H22N2O2. The lowest BCUT2D eigenvalue weighted by atomic mass is 9.91. The fraction of sp³-hybridized carbons (Fsp3) is 0.444. The molecule has 116 valence electrons. The number of fused-ring (bicyclic) bond motifs is 1. The maximum absolute atomic E-state index is 5.97. The molecule has 1 aliphatic heterocycles. The molecular weight excluding hydrogens is 276 g/mol. The summed E-state index contributed by atoms with van der Waals surface area (Å²) in [7, 11) is 1.68. The van der Waals surface area contributed by atoms with Crippen molar-refractivity contribution in [3.8, 4) is 11.5 Å². The minimum absolute atomic E-state index is 0.444. The van der Waals surface area contributed by atoms with Crippen LogP contribution in [-0.2, 0) is 19.3 Å². The molecule has 1 aromatic carbocycles. The summed E-state index contributed by atoms with van der Waals surface area (Å²) >= 11 is 0. The summed E-state index contributed by atoms with van der Waals surface area (Å²) in [5, 5.41) is 0. The maximum atomic E-state index is 5.97. The van der Waals surface area contributed by atoms with E-state index in [4.69, 9.17) is 9.47 Å². The number of methoxy groups -OCH3 is 1. The third-order valence-electron chi connectivity index (χ3n) is 4.19. The average Bonchev–Trinajstić information content (AvgIpc) is 2.54. The van der Waals surface area contributed by atoms with Crippen LogP contribution in [0.15, 0.2) is 24.4 Å². The molecule has 0 saturated heterocycles. The Kier molecular flexibility index (Phi) is 4.27. The SMILES string of the molecule is CCc1cnc(C)nc1CC1COc2c(cccc2OC)C1. The minimum Gasteiger partial charge on any atom is -0.493 e. The number of hydrogen-bond donors (Lipinski definition) is 0. The van der Waals surface area contributed by atoms with E-state index in [9.17, 15) is 0 Å². The van der Waals surface area contributed by atoms with E-state index in [1.807, 2.05) is 25.3 Å². The van der Waals surface area contributed by atoms with E-state index in [1.54, 1.807) is 7.11 Å². The van der Waals surface area contributed by atoms with Gasteiger partial charge in [-0.25, -0.2) is 9.97 Å². The van der Waals surface area contributed by atoms with Gasteiger partial charge in [0.15, 0.2) is 11.5 Å². The molecule has 0 N–H and O–H groups in total. The molecule has 0 fully saturated rings. The van der Waals surface area contributed by atoms with Gasteiger partial charge in [-0.1, -0.05) is 19.1 Å². The van der Waals surface area contributed by atoms with E-state index in [0.717, 1.165) is 42.3 Å². The van der Waals surface area contributed by atoms with Crippen LogP contribution in [0.4, 0.5) is 0 Å². The predicted octanol–water partition coefficient (Wildman–Crippen LogP) is 3.15. The Morgan fingerprint density at radius 3 is 3.00 bits per heavy atom. The highest BCUT2D eigenvalue weighted by atomic mass is 16.5. The molecule has 4 nitrogen and oxygen atoms in total. The number of benzene rings is 1. The molecule has 2 heterocycles. The first kappa shape index (κ1) is 14.8. The molecule has 0 aliphatic carbocycles. The third kappa shape index (κ3) is 2.91. The Labute approximate surface area is 131 Å². The number of para-hydroxylation sites is 1. The normalized spacial score (nSPS) is 16.8. The van der Waals surface area contributed by atoms with Crippen LogP contribution in [0.2, 0.25) is 0 Å². The molecule has 22 heavy (non-hydrogen) atoms. The second-order valence-electron chi connectivity index (χ2n) is 5.78. The Morgan fingerprint density at radius 2 is 2.23 bits per heavy atom. The first-order valence-corrected chi connectivity index (χ1v) is 7.81. The molecule has 2 aromatic rings. The van der Waals surface area contributed by atoms with E-state index in [0.29, 0.717) is 12.5 Å². The van der Waals surface area contributed by atoms with Gasteiger partial charge in [0.25, 0.3) is 0 Å². The van der Waals surface area contributed by atoms with Gasteiger partial charge in [0.05, 0.1) is 13.7 Å². The summed E-state index contributed by atoms with van der Waals surface area (Å²) in [6.45, 7) is 4.80. The van der Waals surface area contributed by atoms with Crippen molar-refractivity contribution in [3.05, 3.63) is 47.0 Å². The summed E-state index contributed by atoms with van der Waals surface area (Å²) in [5.41, 5.74) is 3.62. The van der Waals surface area contributed by atoms with Gasteiger partial charge in [0, 0.05) is 17.8 Å². The number of rotatable bonds is 4. The monoisotopic (exact) mass is 298 g/mol. The molecule has 0 spiro atoms. The van der Waals surface area contributed by atoms with Crippen molar-refractivity contribution < 1.29 is 9.47 Å². The highest BCUT2D eigenvalue weighted by Gasteiger charge is 2.24. The lowest BCUT2D eigenvalue weighted by Crippen LogP contribution is -2.24. The highest BCUT2D eigenvalue weighted by Crippen LogP contribution is 2.36. The van der Waals surface area contributed by atoms with Gasteiger partial charge in [0.1, 0.15) is 5.82 Å². The number of nitrogens with zero attached hydrogens (tertiary/aromatic N) is 2. The molecule has 1 aliphatic rings. The zero-order chi connectivity index (χ0) is 15.5. The van der Waals surface area contributed by atoms with Crippen LogP contribution < -0.4 is 9.47 Å². The Hall–Kier alpha value is -2.10. The van der Waals surface area contributed by atoms with Crippen LogP contribution >= 0.6 is 0 Å². The van der Waals surface area contributed by atoms with E-state index < -0.39 is 0 Å². The van der Waals surface area contributed by atoms with Gasteiger partial charge < -0.3 is 9.47 Å². The third-order valence-corrected chi connectivity index (χ3v) is 4.19. The molecule has 0 bridgehead atoms. The first-order valence-electron chi connectivity index (χ1n) is 7.81. The largest absolute Gasteiger partial charge is 0.493 e. The molecule has 0 amide bonds. The van der Waals surface area contributed by atoms with Crippen molar-refractivity contribution >= 4 is 0 Å². The maximum Gasteiger partial charge on any atom is 0.164 e. The average molecular weight is 298 g/mol. The van der Waals surface area contributed by atoms with E-state index in [1.165, 1.54) is 11.1 Å². The summed E-state index contributed by atoms with van der Waals surface area (Å²) < 4.78 is 11.3. The van der Waals surface area contributed by atoms with Crippen molar-refractivity contribution in [1.82, 2.24) is 9.97 Å². The minimum atomic E-state index is 0.444. The van der Waals surface area contributed by atoms with Crippen molar-refractivity contribution in [2.75, 3.05) is 13.7 Å². The number of hydrogen-bond acceptors (Lipinski definition) is 4. The smallest absolute Gasteiger partial charge is 0.164 e. The first-order chi connectivity index (χ1) is 10.7. The van der Waals surface area contributed by atoms with Gasteiger partial charge in [-0.2, -0.15) is 0 Å². The zero-order valence-corrected chi connectivity index (χ0v) is 13.4. The summed E-state index contributed by atoms with van der Waals surface area (Å²) in [4.78, 5) is 8.94. The van der Waals surface area contributed by atoms with Gasteiger partial charge >= 0.3 is 0 Å². The highest BCUT2D eigenvalue weighted by molar-refractivity contribution is 5.47. The summed E-state index contributed by atoms with van der Waals surface area (Å²) in [5.74, 6) is 3.00. The summed E-state index contributed by atoms with van der Waals surface area (Å²) in [6.07, 6.45) is 4.86. The molecule has 4 heteroatoms. The Morgan fingerprint density at radius 1 is 1.36 bits per heavy atom. The number of aryl methyl sites for hydroxylation is 2. The van der Waals surface area contributed by atoms with E-state index >= 15 is 0 Å². The second-order valence-corrected chi connectivity index (χ2v) is 5.78. The van der Waals surface area contributed by atoms with Gasteiger partial charge in [0.2, 0.25) is 0 Å². The second kappa shape index (κ2) is 6.34. The van der Waals surface area contributed by atoms with E-state index in [-0.39, 0.29) is 0 Å². The van der Waals surface area contributed by atoms with Crippen molar-refractivity contribution in [2.45, 2.75) is 33.1 Å². The van der Waals surface area contributed by atoms with Crippen molar-refractivity contribution in [1.29, 1.82) is 0 Å². The van der Waals surface area contributed by atoms with Crippen LogP contribution in [0.25, 0.3) is 0 Å². The molecule has 0 saturated carbocycles. The van der Waals surface area contributed by atoms with Gasteiger partial charge in [-0.15, -0.1) is 0 Å². The standard InChI is InChI=1S/C18H22N2O2/c1-4-14-10-19-12(2)20-16(14)9-13-8-15-6-5-7-17(21-3)18(15)22-11-13/h5-7,10,13H,4,8-9,11H2,1-3H3. The topological polar surface area (TPSA) is 44.2 Å². The zero-order valence-electron chi connectivity index (χ0n) is 13.4. The Balaban J connectivity index is 1.80. The molecule has 1 aromatic heterocycles. The fourth-order valence-electron chi connectivity index (χ4n) is 3.04.